The molecule has 0 saturated heterocycles. The Hall–Kier alpha value is -3.12. The fourth-order valence-electron chi connectivity index (χ4n) is 4.94. The monoisotopic (exact) mass is 532 g/mol. The lowest BCUT2D eigenvalue weighted by Gasteiger charge is -2.33. The van der Waals surface area contributed by atoms with Crippen LogP contribution in [0.1, 0.15) is 54.4 Å². The van der Waals surface area contributed by atoms with Crippen LogP contribution < -0.4 is 5.32 Å². The van der Waals surface area contributed by atoms with Crippen LogP contribution in [0.3, 0.4) is 0 Å². The van der Waals surface area contributed by atoms with Crippen molar-refractivity contribution >= 4 is 23.6 Å². The summed E-state index contributed by atoms with van der Waals surface area (Å²) in [7, 11) is 0. The van der Waals surface area contributed by atoms with Gasteiger partial charge in [-0.05, 0) is 42.5 Å². The summed E-state index contributed by atoms with van der Waals surface area (Å²) in [5.41, 5.74) is 3.71. The molecule has 1 saturated carbocycles. The fraction of sp³-hybridized carbons (Fsp3) is 0.375. The zero-order chi connectivity index (χ0) is 26.7. The molecule has 38 heavy (non-hydrogen) atoms. The highest BCUT2D eigenvalue weighted by Gasteiger charge is 2.31. The van der Waals surface area contributed by atoms with Gasteiger partial charge in [0, 0.05) is 24.8 Å². The first kappa shape index (κ1) is 27.9. The summed E-state index contributed by atoms with van der Waals surface area (Å²) in [5.74, 6) is 0.0843. The molecular weight excluding hydrogens is 495 g/mol. The number of nitrogens with zero attached hydrogens (tertiary/aromatic N) is 1. The summed E-state index contributed by atoms with van der Waals surface area (Å²) in [6, 6.07) is 24.1. The molecule has 0 bridgehead atoms. The number of hydrogen-bond acceptors (Lipinski definition) is 3. The Balaban J connectivity index is 1.56. The second-order valence-electron chi connectivity index (χ2n) is 10.1. The number of aryl methyl sites for hydroxylation is 1. The van der Waals surface area contributed by atoms with Crippen LogP contribution in [0.2, 0.25) is 0 Å². The van der Waals surface area contributed by atoms with E-state index in [9.17, 15) is 14.0 Å². The van der Waals surface area contributed by atoms with Crippen molar-refractivity contribution < 1.29 is 14.0 Å². The van der Waals surface area contributed by atoms with Gasteiger partial charge in [0.1, 0.15) is 11.9 Å². The van der Waals surface area contributed by atoms with Crippen LogP contribution in [0.25, 0.3) is 0 Å². The zero-order valence-corrected chi connectivity index (χ0v) is 22.9. The lowest BCUT2D eigenvalue weighted by molar-refractivity contribution is -0.139. The topological polar surface area (TPSA) is 49.4 Å². The molecule has 1 N–H and O–H groups in total. The van der Waals surface area contributed by atoms with E-state index in [1.165, 1.54) is 24.2 Å². The SMILES string of the molecule is Cc1ccc(CN(C(=O)CSCc2ccccc2F)C(Cc2ccccc2)C(=O)NC2CCCCC2)cc1. The first-order valence-corrected chi connectivity index (χ1v) is 14.7. The average molecular weight is 533 g/mol. The van der Waals surface area contributed by atoms with Crippen molar-refractivity contribution in [1.82, 2.24) is 10.2 Å². The Morgan fingerprint density at radius 3 is 2.32 bits per heavy atom. The number of nitrogens with one attached hydrogen (secondary N) is 1. The molecule has 0 aromatic heterocycles. The van der Waals surface area contributed by atoms with E-state index in [-0.39, 0.29) is 29.4 Å². The highest BCUT2D eigenvalue weighted by Crippen LogP contribution is 2.22. The van der Waals surface area contributed by atoms with Crippen LogP contribution in [0.4, 0.5) is 4.39 Å². The average Bonchev–Trinajstić information content (AvgIpc) is 2.94. The number of amides is 2. The summed E-state index contributed by atoms with van der Waals surface area (Å²) in [4.78, 5) is 29.3. The smallest absolute Gasteiger partial charge is 0.243 e. The van der Waals surface area contributed by atoms with Crippen molar-refractivity contribution in [1.29, 1.82) is 0 Å². The van der Waals surface area contributed by atoms with E-state index in [0.29, 0.717) is 24.3 Å². The molecule has 1 aliphatic rings. The summed E-state index contributed by atoms with van der Waals surface area (Å²) in [6.45, 7) is 2.37. The van der Waals surface area contributed by atoms with Gasteiger partial charge < -0.3 is 10.2 Å². The molecule has 2 amide bonds. The van der Waals surface area contributed by atoms with Gasteiger partial charge in [0.25, 0.3) is 0 Å². The van der Waals surface area contributed by atoms with Gasteiger partial charge in [-0.2, -0.15) is 0 Å². The molecular formula is C32H37FN2O2S. The lowest BCUT2D eigenvalue weighted by Crippen LogP contribution is -2.53. The summed E-state index contributed by atoms with van der Waals surface area (Å²) >= 11 is 1.38. The standard InChI is InChI=1S/C32H37FN2O2S/c1-24-16-18-26(19-17-24)21-35(31(36)23-38-22-27-12-8-9-15-29(27)33)30(20-25-10-4-2-5-11-25)32(37)34-28-13-6-3-7-14-28/h2,4-5,8-12,15-19,28,30H,3,6-7,13-14,20-23H2,1H3,(H,34,37). The van der Waals surface area contributed by atoms with Crippen molar-refractivity contribution in [3.63, 3.8) is 0 Å². The van der Waals surface area contributed by atoms with Gasteiger partial charge in [-0.15, -0.1) is 11.8 Å². The predicted molar refractivity (Wildman–Crippen MR) is 153 cm³/mol. The first-order chi connectivity index (χ1) is 18.5. The van der Waals surface area contributed by atoms with Crippen LogP contribution in [0, 0.1) is 12.7 Å². The summed E-state index contributed by atoms with van der Waals surface area (Å²) < 4.78 is 14.1. The quantitative estimate of drug-likeness (QED) is 0.309. The lowest BCUT2D eigenvalue weighted by atomic mass is 9.94. The minimum atomic E-state index is -0.637. The molecule has 4 nitrogen and oxygen atoms in total. The van der Waals surface area contributed by atoms with E-state index < -0.39 is 6.04 Å². The van der Waals surface area contributed by atoms with Gasteiger partial charge in [-0.25, -0.2) is 4.39 Å². The number of rotatable bonds is 11. The minimum absolute atomic E-state index is 0.0969. The highest BCUT2D eigenvalue weighted by atomic mass is 32.2. The van der Waals surface area contributed by atoms with Gasteiger partial charge in [-0.3, -0.25) is 9.59 Å². The zero-order valence-electron chi connectivity index (χ0n) is 22.1. The number of hydrogen-bond donors (Lipinski definition) is 1. The third-order valence-electron chi connectivity index (χ3n) is 7.14. The Kier molecular flexibility index (Phi) is 10.4. The molecule has 6 heteroatoms. The third-order valence-corrected chi connectivity index (χ3v) is 8.10. The fourth-order valence-corrected chi connectivity index (χ4v) is 5.83. The van der Waals surface area contributed by atoms with Crippen molar-refractivity contribution in [3.8, 4) is 0 Å². The Bertz CT molecular complexity index is 1180. The number of carbonyl (C=O) groups is 2. The molecule has 3 aromatic rings. The van der Waals surface area contributed by atoms with Crippen LogP contribution in [-0.4, -0.2) is 34.6 Å². The molecule has 1 fully saturated rings. The van der Waals surface area contributed by atoms with Gasteiger partial charge >= 0.3 is 0 Å². The Morgan fingerprint density at radius 2 is 1.61 bits per heavy atom. The second kappa shape index (κ2) is 14.1. The third kappa shape index (κ3) is 8.19. The maximum Gasteiger partial charge on any atom is 0.243 e. The minimum Gasteiger partial charge on any atom is -0.352 e. The second-order valence-corrected chi connectivity index (χ2v) is 11.1. The first-order valence-electron chi connectivity index (χ1n) is 13.5. The van der Waals surface area contributed by atoms with Gasteiger partial charge in [0.05, 0.1) is 5.75 Å². The van der Waals surface area contributed by atoms with Crippen LogP contribution in [-0.2, 0) is 28.3 Å². The molecule has 3 aromatic carbocycles. The van der Waals surface area contributed by atoms with E-state index in [1.54, 1.807) is 23.1 Å². The van der Waals surface area contributed by atoms with Crippen molar-refractivity contribution in [2.24, 2.45) is 0 Å². The molecule has 4 rings (SSSR count). The number of carbonyl (C=O) groups excluding carboxylic acids is 2. The van der Waals surface area contributed by atoms with Crippen LogP contribution in [0.5, 0.6) is 0 Å². The normalized spacial score (nSPS) is 14.6. The highest BCUT2D eigenvalue weighted by molar-refractivity contribution is 7.99. The van der Waals surface area contributed by atoms with Crippen molar-refractivity contribution in [3.05, 3.63) is 107 Å². The molecule has 0 spiro atoms. The van der Waals surface area contributed by atoms with Crippen LogP contribution >= 0.6 is 11.8 Å². The molecule has 0 radical (unpaired) electrons. The maximum absolute atomic E-state index is 14.1. The van der Waals surface area contributed by atoms with E-state index >= 15 is 0 Å². The van der Waals surface area contributed by atoms with Gasteiger partial charge in [-0.1, -0.05) is 97.6 Å². The predicted octanol–water partition coefficient (Wildman–Crippen LogP) is 6.46. The molecule has 1 aliphatic carbocycles. The van der Waals surface area contributed by atoms with E-state index in [1.807, 2.05) is 61.5 Å². The molecule has 200 valence electrons. The summed E-state index contributed by atoms with van der Waals surface area (Å²) in [5, 5.41) is 3.27. The molecule has 0 heterocycles. The Labute approximate surface area is 230 Å². The van der Waals surface area contributed by atoms with E-state index in [2.05, 4.69) is 5.32 Å². The molecule has 0 aliphatic heterocycles. The van der Waals surface area contributed by atoms with Crippen LogP contribution in [0.15, 0.2) is 78.9 Å². The van der Waals surface area contributed by atoms with Gasteiger partial charge in [0.2, 0.25) is 11.8 Å². The maximum atomic E-state index is 14.1. The van der Waals surface area contributed by atoms with Crippen molar-refractivity contribution in [2.45, 2.75) is 69.8 Å². The number of thioether (sulfide) groups is 1. The summed E-state index contributed by atoms with van der Waals surface area (Å²) in [6.07, 6.45) is 5.84. The molecule has 1 unspecified atom stereocenters. The van der Waals surface area contributed by atoms with E-state index in [4.69, 9.17) is 0 Å². The van der Waals surface area contributed by atoms with Crippen molar-refractivity contribution in [2.75, 3.05) is 5.75 Å². The Morgan fingerprint density at radius 1 is 0.921 bits per heavy atom. The number of halogens is 1. The molecule has 1 atom stereocenters. The van der Waals surface area contributed by atoms with Gasteiger partial charge in [0.15, 0.2) is 0 Å². The van der Waals surface area contributed by atoms with E-state index in [0.717, 1.165) is 42.4 Å². The largest absolute Gasteiger partial charge is 0.352 e. The number of benzene rings is 3.